The van der Waals surface area contributed by atoms with Crippen molar-refractivity contribution >= 4 is 11.6 Å². The zero-order chi connectivity index (χ0) is 9.97. The molecule has 1 aliphatic rings. The molecule has 0 bridgehead atoms. The van der Waals surface area contributed by atoms with Crippen molar-refractivity contribution in [3.63, 3.8) is 0 Å². The average Bonchev–Trinajstić information content (AvgIpc) is 2.36. The lowest BCUT2D eigenvalue weighted by molar-refractivity contribution is -0.116. The van der Waals surface area contributed by atoms with E-state index in [2.05, 4.69) is 10.3 Å². The van der Waals surface area contributed by atoms with Gasteiger partial charge in [0.05, 0.1) is 0 Å². The molecule has 0 saturated heterocycles. The first kappa shape index (κ1) is 8.70. The Balaban J connectivity index is 2.33. The highest BCUT2D eigenvalue weighted by Gasteiger charge is 2.32. The predicted molar refractivity (Wildman–Crippen MR) is 52.3 cm³/mol. The third-order valence-corrected chi connectivity index (χ3v) is 2.40. The number of nitrogens with one attached hydrogen (secondary N) is 1. The molecule has 2 rings (SSSR count). The first-order chi connectivity index (χ1) is 6.81. The Morgan fingerprint density at radius 2 is 2.21 bits per heavy atom. The van der Waals surface area contributed by atoms with E-state index in [1.807, 2.05) is 24.3 Å². The van der Waals surface area contributed by atoms with E-state index >= 15 is 0 Å². The number of hydrogen-bond acceptors (Lipinski definition) is 2. The first-order valence-corrected chi connectivity index (χ1v) is 4.54. The van der Waals surface area contributed by atoms with Crippen LogP contribution in [0.15, 0.2) is 24.3 Å². The van der Waals surface area contributed by atoms with Crippen molar-refractivity contribution in [1.29, 1.82) is 5.39 Å². The number of para-hydroxylation sites is 1. The molecule has 1 unspecified atom stereocenters. The minimum atomic E-state index is -0.637. The Morgan fingerprint density at radius 3 is 3.00 bits per heavy atom. The van der Waals surface area contributed by atoms with E-state index < -0.39 is 6.04 Å². The van der Waals surface area contributed by atoms with Gasteiger partial charge in [0.15, 0.2) is 0 Å². The summed E-state index contributed by atoms with van der Waals surface area (Å²) < 4.78 is 0. The monoisotopic (exact) mass is 188 g/mol. The van der Waals surface area contributed by atoms with Gasteiger partial charge in [-0.3, -0.25) is 4.79 Å². The lowest BCUT2D eigenvalue weighted by Gasteiger charge is -2.03. The zero-order valence-corrected chi connectivity index (χ0v) is 7.60. The topological polar surface area (TPSA) is 57.2 Å². The number of hydrogen-bond donors (Lipinski definition) is 1. The van der Waals surface area contributed by atoms with E-state index in [9.17, 15) is 4.79 Å². The molecule has 0 saturated carbocycles. The van der Waals surface area contributed by atoms with Crippen molar-refractivity contribution in [2.75, 3.05) is 5.32 Å². The molecule has 4 nitrogen and oxygen atoms in total. The molecule has 1 N–H and O–H groups in total. The van der Waals surface area contributed by atoms with Crippen molar-refractivity contribution in [3.05, 3.63) is 34.8 Å². The summed E-state index contributed by atoms with van der Waals surface area (Å²) >= 11 is 0. The highest BCUT2D eigenvalue weighted by atomic mass is 16.2. The minimum absolute atomic E-state index is 0.238. The number of anilines is 1. The van der Waals surface area contributed by atoms with Crippen LogP contribution >= 0.6 is 0 Å². The third-order valence-electron chi connectivity index (χ3n) is 2.40. The summed E-state index contributed by atoms with van der Waals surface area (Å²) in [6.07, 6.45) is 1.31. The fourth-order valence-electron chi connectivity index (χ4n) is 1.61. The summed E-state index contributed by atoms with van der Waals surface area (Å²) in [7, 11) is 0. The molecule has 0 aromatic heterocycles. The standard InChI is InChI=1S/C10H9N3O/c11-13-9-6-5-7-3-1-2-4-8(7)12-10(9)14/h1-4,9H,5-6H2/p+1. The average molecular weight is 188 g/mol. The van der Waals surface area contributed by atoms with E-state index in [-0.39, 0.29) is 5.91 Å². The summed E-state index contributed by atoms with van der Waals surface area (Å²) in [5.74, 6) is -0.238. The molecule has 1 amide bonds. The Morgan fingerprint density at radius 1 is 1.43 bits per heavy atom. The number of carbonyl (C=O) groups is 1. The van der Waals surface area contributed by atoms with Crippen LogP contribution < -0.4 is 5.32 Å². The van der Waals surface area contributed by atoms with Crippen LogP contribution in [0.5, 0.6) is 0 Å². The maximum absolute atomic E-state index is 11.4. The molecule has 1 aromatic rings. The maximum Gasteiger partial charge on any atom is 0.390 e. The molecule has 0 fully saturated rings. The third kappa shape index (κ3) is 1.44. The predicted octanol–water partition coefficient (Wildman–Crippen LogP) is 1.79. The maximum atomic E-state index is 11.4. The van der Waals surface area contributed by atoms with Crippen LogP contribution in [-0.2, 0) is 11.2 Å². The summed E-state index contributed by atoms with van der Waals surface area (Å²) in [5, 5.41) is 11.4. The Kier molecular flexibility index (Phi) is 2.15. The molecule has 4 heteroatoms. The fourth-order valence-corrected chi connectivity index (χ4v) is 1.61. The van der Waals surface area contributed by atoms with Gasteiger partial charge in [-0.2, -0.15) is 0 Å². The number of carbonyl (C=O) groups excluding carboxylic acids is 1. The van der Waals surface area contributed by atoms with E-state index in [0.29, 0.717) is 6.42 Å². The second-order valence-electron chi connectivity index (χ2n) is 3.32. The van der Waals surface area contributed by atoms with Crippen molar-refractivity contribution in [2.45, 2.75) is 18.9 Å². The molecule has 14 heavy (non-hydrogen) atoms. The van der Waals surface area contributed by atoms with Crippen LogP contribution in [0.2, 0.25) is 0 Å². The normalized spacial score (nSPS) is 20.2. The lowest BCUT2D eigenvalue weighted by atomic mass is 10.1. The SMILES string of the molecule is N#[N+]C1CCc2ccccc2NC1=O. The van der Waals surface area contributed by atoms with Crippen molar-refractivity contribution in [1.82, 2.24) is 0 Å². The van der Waals surface area contributed by atoms with E-state index in [0.717, 1.165) is 17.7 Å². The molecule has 1 aromatic carbocycles. The van der Waals surface area contributed by atoms with Gasteiger partial charge in [0.2, 0.25) is 5.39 Å². The van der Waals surface area contributed by atoms with Gasteiger partial charge in [-0.05, 0) is 18.1 Å². The van der Waals surface area contributed by atoms with Crippen LogP contribution in [0.4, 0.5) is 5.69 Å². The number of rotatable bonds is 0. The Bertz CT molecular complexity index is 408. The summed E-state index contributed by atoms with van der Waals surface area (Å²) in [6.45, 7) is 0. The lowest BCUT2D eigenvalue weighted by Crippen LogP contribution is -2.23. The van der Waals surface area contributed by atoms with Crippen LogP contribution in [0.3, 0.4) is 0 Å². The molecule has 1 aliphatic heterocycles. The van der Waals surface area contributed by atoms with Crippen molar-refractivity contribution in [3.8, 4) is 0 Å². The molecule has 1 heterocycles. The van der Waals surface area contributed by atoms with Gasteiger partial charge in [0, 0.05) is 12.1 Å². The summed E-state index contributed by atoms with van der Waals surface area (Å²) in [6, 6.07) is 6.99. The minimum Gasteiger partial charge on any atom is -0.319 e. The van der Waals surface area contributed by atoms with Gasteiger partial charge in [-0.15, -0.1) is 0 Å². The first-order valence-electron chi connectivity index (χ1n) is 4.54. The zero-order valence-electron chi connectivity index (χ0n) is 7.60. The number of nitrogens with zero attached hydrogens (tertiary/aromatic N) is 2. The van der Waals surface area contributed by atoms with Gasteiger partial charge < -0.3 is 5.32 Å². The number of fused-ring (bicyclic) bond motifs is 1. The second kappa shape index (κ2) is 3.46. The van der Waals surface area contributed by atoms with Gasteiger partial charge in [-0.1, -0.05) is 18.2 Å². The molecule has 0 spiro atoms. The molecule has 0 aliphatic carbocycles. The molecular weight excluding hydrogens is 178 g/mol. The van der Waals surface area contributed by atoms with E-state index in [1.165, 1.54) is 0 Å². The Labute approximate surface area is 81.6 Å². The van der Waals surface area contributed by atoms with Crippen LogP contribution in [0, 0.1) is 5.39 Å². The van der Waals surface area contributed by atoms with Crippen molar-refractivity contribution in [2.24, 2.45) is 0 Å². The summed E-state index contributed by atoms with van der Waals surface area (Å²) in [5.41, 5.74) is 1.91. The molecule has 70 valence electrons. The molecule has 0 radical (unpaired) electrons. The second-order valence-corrected chi connectivity index (χ2v) is 3.32. The number of aryl methyl sites for hydroxylation is 1. The van der Waals surface area contributed by atoms with E-state index in [4.69, 9.17) is 5.39 Å². The van der Waals surface area contributed by atoms with Gasteiger partial charge in [0.25, 0.3) is 0 Å². The van der Waals surface area contributed by atoms with Gasteiger partial charge in [0.1, 0.15) is 4.98 Å². The number of diazo groups is 1. The van der Waals surface area contributed by atoms with Gasteiger partial charge >= 0.3 is 11.9 Å². The highest BCUT2D eigenvalue weighted by Crippen LogP contribution is 2.22. The smallest absolute Gasteiger partial charge is 0.319 e. The summed E-state index contributed by atoms with van der Waals surface area (Å²) in [4.78, 5) is 14.5. The van der Waals surface area contributed by atoms with Gasteiger partial charge in [-0.25, -0.2) is 0 Å². The van der Waals surface area contributed by atoms with Crippen LogP contribution in [0.1, 0.15) is 12.0 Å². The highest BCUT2D eigenvalue weighted by molar-refractivity contribution is 5.97. The van der Waals surface area contributed by atoms with Crippen LogP contribution in [0.25, 0.3) is 4.98 Å². The Hall–Kier alpha value is -1.89. The van der Waals surface area contributed by atoms with Crippen molar-refractivity contribution < 1.29 is 4.79 Å². The van der Waals surface area contributed by atoms with Crippen LogP contribution in [-0.4, -0.2) is 11.9 Å². The number of benzene rings is 1. The largest absolute Gasteiger partial charge is 0.390 e. The molecular formula is C10H10N3O+. The van der Waals surface area contributed by atoms with E-state index in [1.54, 1.807) is 0 Å². The fraction of sp³-hybridized carbons (Fsp3) is 0.300. The molecule has 1 atom stereocenters. The quantitative estimate of drug-likeness (QED) is 0.631. The number of amides is 1.